The second kappa shape index (κ2) is 8.86. The first-order valence-electron chi connectivity index (χ1n) is 9.16. The highest BCUT2D eigenvalue weighted by molar-refractivity contribution is 8.02. The molecule has 2 N–H and O–H groups in total. The smallest absolute Gasteiger partial charge is 0.233 e. The molecule has 0 saturated heterocycles. The summed E-state index contributed by atoms with van der Waals surface area (Å²) in [6.45, 7) is 6.11. The van der Waals surface area contributed by atoms with Gasteiger partial charge in [-0.15, -0.1) is 10.2 Å². The molecule has 3 rings (SSSR count). The van der Waals surface area contributed by atoms with Crippen LogP contribution in [-0.4, -0.2) is 27.4 Å². The van der Waals surface area contributed by atoms with Gasteiger partial charge < -0.3 is 10.6 Å². The minimum absolute atomic E-state index is 0.0983. The highest BCUT2D eigenvalue weighted by Gasteiger charge is 2.21. The molecule has 1 saturated carbocycles. The standard InChI is InChI=1S/C19H26N4OS2/c1-12-8-7-11-16(13(12)2)21-18-22-23-19(26-18)25-14(3)17(24)20-15-9-5-4-6-10-15/h7-8,11,14-15H,4-6,9-10H2,1-3H3,(H,20,24)(H,21,22)/t14-/m0/s1. The summed E-state index contributed by atoms with van der Waals surface area (Å²) in [5, 5.41) is 15.5. The van der Waals surface area contributed by atoms with Crippen molar-refractivity contribution in [3.05, 3.63) is 29.3 Å². The Bertz CT molecular complexity index is 756. The number of anilines is 2. The zero-order valence-corrected chi connectivity index (χ0v) is 17.2. The number of hydrogen-bond donors (Lipinski definition) is 2. The van der Waals surface area contributed by atoms with E-state index in [4.69, 9.17) is 0 Å². The molecule has 1 fully saturated rings. The molecule has 1 aromatic carbocycles. The number of rotatable bonds is 6. The predicted molar refractivity (Wildman–Crippen MR) is 109 cm³/mol. The van der Waals surface area contributed by atoms with E-state index < -0.39 is 0 Å². The Morgan fingerprint density at radius 3 is 2.77 bits per heavy atom. The molecule has 0 spiro atoms. The summed E-state index contributed by atoms with van der Waals surface area (Å²) in [4.78, 5) is 12.4. The van der Waals surface area contributed by atoms with E-state index in [9.17, 15) is 4.79 Å². The number of hydrogen-bond acceptors (Lipinski definition) is 6. The van der Waals surface area contributed by atoms with Gasteiger partial charge in [-0.05, 0) is 50.8 Å². The minimum atomic E-state index is -0.168. The van der Waals surface area contributed by atoms with E-state index in [1.807, 2.05) is 19.1 Å². The lowest BCUT2D eigenvalue weighted by molar-refractivity contribution is -0.121. The summed E-state index contributed by atoms with van der Waals surface area (Å²) >= 11 is 2.96. The zero-order valence-electron chi connectivity index (χ0n) is 15.5. The van der Waals surface area contributed by atoms with Gasteiger partial charge in [0.2, 0.25) is 11.0 Å². The molecule has 1 aliphatic rings. The number of amides is 1. The lowest BCUT2D eigenvalue weighted by Crippen LogP contribution is -2.40. The number of benzene rings is 1. The Hall–Kier alpha value is -1.60. The van der Waals surface area contributed by atoms with Crippen molar-refractivity contribution in [2.24, 2.45) is 0 Å². The average molecular weight is 391 g/mol. The number of carbonyl (C=O) groups excluding carboxylic acids is 1. The van der Waals surface area contributed by atoms with Crippen molar-refractivity contribution < 1.29 is 4.79 Å². The van der Waals surface area contributed by atoms with Gasteiger partial charge in [0.1, 0.15) is 0 Å². The molecule has 5 nitrogen and oxygen atoms in total. The van der Waals surface area contributed by atoms with Crippen LogP contribution in [0, 0.1) is 13.8 Å². The first-order valence-corrected chi connectivity index (χ1v) is 10.9. The molecular formula is C19H26N4OS2. The first-order chi connectivity index (χ1) is 12.5. The maximum Gasteiger partial charge on any atom is 0.233 e. The second-order valence-electron chi connectivity index (χ2n) is 6.85. The van der Waals surface area contributed by atoms with Gasteiger partial charge in [0.15, 0.2) is 4.34 Å². The molecule has 1 atom stereocenters. The molecular weight excluding hydrogens is 364 g/mol. The van der Waals surface area contributed by atoms with Crippen LogP contribution in [-0.2, 0) is 4.79 Å². The van der Waals surface area contributed by atoms with E-state index in [1.165, 1.54) is 53.5 Å². The van der Waals surface area contributed by atoms with Crippen molar-refractivity contribution in [1.29, 1.82) is 0 Å². The van der Waals surface area contributed by atoms with Crippen LogP contribution in [0.15, 0.2) is 22.5 Å². The number of aryl methyl sites for hydroxylation is 1. The summed E-state index contributed by atoms with van der Waals surface area (Å²) in [5.74, 6) is 0.0983. The Morgan fingerprint density at radius 2 is 2.00 bits per heavy atom. The number of carbonyl (C=O) groups is 1. The van der Waals surface area contributed by atoms with Gasteiger partial charge in [-0.2, -0.15) is 0 Å². The Balaban J connectivity index is 1.55. The highest BCUT2D eigenvalue weighted by Crippen LogP contribution is 2.31. The third-order valence-corrected chi connectivity index (χ3v) is 6.87. The van der Waals surface area contributed by atoms with Gasteiger partial charge in [0.25, 0.3) is 0 Å². The normalized spacial score (nSPS) is 16.3. The SMILES string of the molecule is Cc1cccc(Nc2nnc(S[C@@H](C)C(=O)NC3CCCCC3)s2)c1C. The molecule has 0 bridgehead atoms. The predicted octanol–water partition coefficient (Wildman–Crippen LogP) is 4.83. The molecule has 1 heterocycles. The summed E-state index contributed by atoms with van der Waals surface area (Å²) < 4.78 is 0.809. The highest BCUT2D eigenvalue weighted by atomic mass is 32.2. The number of nitrogens with one attached hydrogen (secondary N) is 2. The number of aromatic nitrogens is 2. The molecule has 0 unspecified atom stereocenters. The van der Waals surface area contributed by atoms with Gasteiger partial charge in [-0.25, -0.2) is 0 Å². The Morgan fingerprint density at radius 1 is 1.23 bits per heavy atom. The average Bonchev–Trinajstić information content (AvgIpc) is 3.07. The fraction of sp³-hybridized carbons (Fsp3) is 0.526. The zero-order chi connectivity index (χ0) is 18.5. The fourth-order valence-electron chi connectivity index (χ4n) is 3.08. The van der Waals surface area contributed by atoms with Crippen LogP contribution in [0.2, 0.25) is 0 Å². The molecule has 140 valence electrons. The lowest BCUT2D eigenvalue weighted by Gasteiger charge is -2.24. The van der Waals surface area contributed by atoms with Crippen LogP contribution >= 0.6 is 23.1 Å². The molecule has 1 amide bonds. The molecule has 2 aromatic rings. The van der Waals surface area contributed by atoms with Gasteiger partial charge in [-0.1, -0.05) is 54.5 Å². The molecule has 7 heteroatoms. The third kappa shape index (κ3) is 4.98. The fourth-order valence-corrected chi connectivity index (χ4v) is 5.00. The molecule has 1 aliphatic carbocycles. The van der Waals surface area contributed by atoms with E-state index in [2.05, 4.69) is 40.7 Å². The van der Waals surface area contributed by atoms with Crippen LogP contribution in [0.25, 0.3) is 0 Å². The van der Waals surface area contributed by atoms with E-state index in [-0.39, 0.29) is 11.2 Å². The van der Waals surface area contributed by atoms with E-state index >= 15 is 0 Å². The van der Waals surface area contributed by atoms with E-state index in [0.717, 1.165) is 28.0 Å². The van der Waals surface area contributed by atoms with Crippen molar-refractivity contribution >= 4 is 39.8 Å². The van der Waals surface area contributed by atoms with Crippen molar-refractivity contribution in [1.82, 2.24) is 15.5 Å². The van der Waals surface area contributed by atoms with Gasteiger partial charge in [0, 0.05) is 11.7 Å². The number of nitrogens with zero attached hydrogens (tertiary/aromatic N) is 2. The van der Waals surface area contributed by atoms with Crippen molar-refractivity contribution in [2.75, 3.05) is 5.32 Å². The molecule has 1 aromatic heterocycles. The summed E-state index contributed by atoms with van der Waals surface area (Å²) in [5.41, 5.74) is 3.49. The topological polar surface area (TPSA) is 66.9 Å². The molecule has 26 heavy (non-hydrogen) atoms. The van der Waals surface area contributed by atoms with Crippen molar-refractivity contribution in [3.8, 4) is 0 Å². The summed E-state index contributed by atoms with van der Waals surface area (Å²) in [6, 6.07) is 6.50. The monoisotopic (exact) mass is 390 g/mol. The number of thioether (sulfide) groups is 1. The second-order valence-corrected chi connectivity index (χ2v) is 9.41. The third-order valence-electron chi connectivity index (χ3n) is 4.85. The molecule has 0 aliphatic heterocycles. The van der Waals surface area contributed by atoms with Crippen molar-refractivity contribution in [2.45, 2.75) is 68.5 Å². The van der Waals surface area contributed by atoms with Crippen LogP contribution < -0.4 is 10.6 Å². The quantitative estimate of drug-likeness (QED) is 0.692. The van der Waals surface area contributed by atoms with Crippen molar-refractivity contribution in [3.63, 3.8) is 0 Å². The summed E-state index contributed by atoms with van der Waals surface area (Å²) in [7, 11) is 0. The maximum absolute atomic E-state index is 12.4. The Kier molecular flexibility index (Phi) is 6.53. The Labute approximate surface area is 163 Å². The summed E-state index contributed by atoms with van der Waals surface area (Å²) in [6.07, 6.45) is 5.93. The van der Waals surface area contributed by atoms with Crippen LogP contribution in [0.4, 0.5) is 10.8 Å². The van der Waals surface area contributed by atoms with Crippen LogP contribution in [0.3, 0.4) is 0 Å². The minimum Gasteiger partial charge on any atom is -0.352 e. The van der Waals surface area contributed by atoms with Crippen LogP contribution in [0.1, 0.15) is 50.2 Å². The van der Waals surface area contributed by atoms with Gasteiger partial charge in [0.05, 0.1) is 5.25 Å². The van der Waals surface area contributed by atoms with E-state index in [1.54, 1.807) is 0 Å². The van der Waals surface area contributed by atoms with Gasteiger partial charge in [-0.3, -0.25) is 4.79 Å². The lowest BCUT2D eigenvalue weighted by atomic mass is 9.95. The van der Waals surface area contributed by atoms with Crippen LogP contribution in [0.5, 0.6) is 0 Å². The van der Waals surface area contributed by atoms with Gasteiger partial charge >= 0.3 is 0 Å². The largest absolute Gasteiger partial charge is 0.352 e. The molecule has 0 radical (unpaired) electrons. The van der Waals surface area contributed by atoms with E-state index in [0.29, 0.717) is 6.04 Å². The maximum atomic E-state index is 12.4. The first kappa shape index (κ1) is 19.2.